The second-order valence-electron chi connectivity index (χ2n) is 3.26. The number of Topliss-reactive ketones (excluding diaryl/α,β-unsaturated/α-hetero) is 1. The first-order chi connectivity index (χ1) is 5.52. The van der Waals surface area contributed by atoms with E-state index in [1.54, 1.807) is 11.8 Å². The van der Waals surface area contributed by atoms with Crippen molar-refractivity contribution in [3.63, 3.8) is 0 Å². The Labute approximate surface area is 79.1 Å². The molecule has 0 aromatic rings. The standard InChI is InChI=1S/C9H18O2S/c1-7(2)11-5-9(10)6-12-8(3)4/h7-8H,5-6H2,1-4H3. The third-order valence-corrected chi connectivity index (χ3v) is 2.31. The van der Waals surface area contributed by atoms with E-state index in [9.17, 15) is 4.79 Å². The Morgan fingerprint density at radius 1 is 1.33 bits per heavy atom. The number of ether oxygens (including phenoxy) is 1. The van der Waals surface area contributed by atoms with E-state index >= 15 is 0 Å². The van der Waals surface area contributed by atoms with Gasteiger partial charge in [0.2, 0.25) is 0 Å². The lowest BCUT2D eigenvalue weighted by atomic mass is 10.4. The Bertz CT molecular complexity index is 118. The normalized spacial score (nSPS) is 11.2. The Kier molecular flexibility index (Phi) is 6.48. The van der Waals surface area contributed by atoms with Gasteiger partial charge < -0.3 is 4.74 Å². The maximum absolute atomic E-state index is 11.1. The van der Waals surface area contributed by atoms with E-state index in [4.69, 9.17) is 4.74 Å². The molecule has 0 saturated heterocycles. The number of thioether (sulfide) groups is 1. The van der Waals surface area contributed by atoms with Crippen LogP contribution >= 0.6 is 11.8 Å². The highest BCUT2D eigenvalue weighted by Gasteiger charge is 2.04. The van der Waals surface area contributed by atoms with Crippen molar-refractivity contribution in [2.75, 3.05) is 12.4 Å². The van der Waals surface area contributed by atoms with Gasteiger partial charge in [-0.25, -0.2) is 0 Å². The summed E-state index contributed by atoms with van der Waals surface area (Å²) in [5.74, 6) is 0.757. The minimum Gasteiger partial charge on any atom is -0.371 e. The molecule has 0 N–H and O–H groups in total. The smallest absolute Gasteiger partial charge is 0.168 e. The van der Waals surface area contributed by atoms with E-state index in [2.05, 4.69) is 13.8 Å². The number of hydrogen-bond donors (Lipinski definition) is 0. The molecule has 3 heteroatoms. The molecule has 2 nitrogen and oxygen atoms in total. The zero-order valence-electron chi connectivity index (χ0n) is 8.29. The minimum absolute atomic E-state index is 0.151. The Hall–Kier alpha value is -0.0200. The summed E-state index contributed by atoms with van der Waals surface area (Å²) in [6, 6.07) is 0. The molecule has 0 heterocycles. The topological polar surface area (TPSA) is 26.3 Å². The van der Waals surface area contributed by atoms with Gasteiger partial charge in [-0.15, -0.1) is 0 Å². The second-order valence-corrected chi connectivity index (χ2v) is 4.82. The van der Waals surface area contributed by atoms with Crippen LogP contribution in [0.2, 0.25) is 0 Å². The number of hydrogen-bond acceptors (Lipinski definition) is 3. The Morgan fingerprint density at radius 3 is 2.33 bits per heavy atom. The van der Waals surface area contributed by atoms with Crippen molar-refractivity contribution >= 4 is 17.5 Å². The van der Waals surface area contributed by atoms with Crippen molar-refractivity contribution in [3.05, 3.63) is 0 Å². The number of ketones is 1. The van der Waals surface area contributed by atoms with Crippen molar-refractivity contribution in [1.29, 1.82) is 0 Å². The van der Waals surface area contributed by atoms with Crippen LogP contribution in [0, 0.1) is 0 Å². The lowest BCUT2D eigenvalue weighted by molar-refractivity contribution is -0.122. The lowest BCUT2D eigenvalue weighted by Gasteiger charge is -2.07. The molecule has 0 amide bonds. The summed E-state index contributed by atoms with van der Waals surface area (Å²) in [7, 11) is 0. The molecule has 0 aliphatic rings. The summed E-state index contributed by atoms with van der Waals surface area (Å²) in [6.07, 6.45) is 0.151. The van der Waals surface area contributed by atoms with Gasteiger partial charge in [0, 0.05) is 0 Å². The van der Waals surface area contributed by atoms with E-state index < -0.39 is 0 Å². The first-order valence-electron chi connectivity index (χ1n) is 4.27. The van der Waals surface area contributed by atoms with Gasteiger partial charge in [-0.1, -0.05) is 13.8 Å². The van der Waals surface area contributed by atoms with Crippen molar-refractivity contribution in [1.82, 2.24) is 0 Å². The predicted molar refractivity (Wildman–Crippen MR) is 53.7 cm³/mol. The van der Waals surface area contributed by atoms with Crippen LogP contribution < -0.4 is 0 Å². The third-order valence-electron chi connectivity index (χ3n) is 1.16. The molecule has 0 saturated carbocycles. The zero-order valence-corrected chi connectivity index (χ0v) is 9.11. The van der Waals surface area contributed by atoms with Crippen LogP contribution in [-0.2, 0) is 9.53 Å². The van der Waals surface area contributed by atoms with Gasteiger partial charge in [0.1, 0.15) is 6.61 Å². The molecular formula is C9H18O2S. The molecule has 0 bridgehead atoms. The molecule has 12 heavy (non-hydrogen) atoms. The minimum atomic E-state index is 0.151. The van der Waals surface area contributed by atoms with E-state index in [-0.39, 0.29) is 18.5 Å². The molecule has 0 fully saturated rings. The first-order valence-corrected chi connectivity index (χ1v) is 5.32. The molecule has 0 spiro atoms. The molecule has 0 aromatic carbocycles. The van der Waals surface area contributed by atoms with Gasteiger partial charge in [0.05, 0.1) is 11.9 Å². The molecule has 0 aliphatic heterocycles. The lowest BCUT2D eigenvalue weighted by Crippen LogP contribution is -2.15. The monoisotopic (exact) mass is 190 g/mol. The fourth-order valence-electron chi connectivity index (χ4n) is 0.561. The van der Waals surface area contributed by atoms with Crippen LogP contribution in [0.3, 0.4) is 0 Å². The number of rotatable bonds is 6. The van der Waals surface area contributed by atoms with Crippen molar-refractivity contribution in [2.45, 2.75) is 39.0 Å². The zero-order chi connectivity index (χ0) is 9.56. The molecule has 0 atom stereocenters. The van der Waals surface area contributed by atoms with Crippen molar-refractivity contribution in [3.8, 4) is 0 Å². The molecular weight excluding hydrogens is 172 g/mol. The Balaban J connectivity index is 3.34. The predicted octanol–water partition coefficient (Wildman–Crippen LogP) is 2.12. The summed E-state index contributed by atoms with van der Waals surface area (Å²) in [5, 5.41) is 0.521. The third kappa shape index (κ3) is 8.08. The van der Waals surface area contributed by atoms with Crippen LogP contribution in [0.25, 0.3) is 0 Å². The van der Waals surface area contributed by atoms with Gasteiger partial charge in [-0.05, 0) is 19.1 Å². The molecule has 0 radical (unpaired) electrons. The fourth-order valence-corrected chi connectivity index (χ4v) is 1.16. The van der Waals surface area contributed by atoms with Gasteiger partial charge in [-0.2, -0.15) is 11.8 Å². The van der Waals surface area contributed by atoms with Gasteiger partial charge in [-0.3, -0.25) is 4.79 Å². The van der Waals surface area contributed by atoms with Gasteiger partial charge in [0.15, 0.2) is 5.78 Å². The molecule has 72 valence electrons. The number of carbonyl (C=O) groups excluding carboxylic acids is 1. The van der Waals surface area contributed by atoms with Gasteiger partial charge >= 0.3 is 0 Å². The molecule has 0 unspecified atom stereocenters. The average molecular weight is 190 g/mol. The summed E-state index contributed by atoms with van der Waals surface area (Å²) in [5.41, 5.74) is 0. The van der Waals surface area contributed by atoms with Crippen molar-refractivity contribution in [2.24, 2.45) is 0 Å². The van der Waals surface area contributed by atoms with Crippen LogP contribution in [0.15, 0.2) is 0 Å². The summed E-state index contributed by atoms with van der Waals surface area (Å²) in [6.45, 7) is 8.30. The molecule has 0 aliphatic carbocycles. The summed E-state index contributed by atoms with van der Waals surface area (Å²) >= 11 is 1.66. The molecule has 0 rings (SSSR count). The highest BCUT2D eigenvalue weighted by atomic mass is 32.2. The quantitative estimate of drug-likeness (QED) is 0.642. The van der Waals surface area contributed by atoms with E-state index in [0.29, 0.717) is 11.0 Å². The van der Waals surface area contributed by atoms with Crippen LogP contribution in [0.5, 0.6) is 0 Å². The maximum Gasteiger partial charge on any atom is 0.168 e. The fraction of sp³-hybridized carbons (Fsp3) is 0.889. The SMILES string of the molecule is CC(C)OCC(=O)CSC(C)C. The van der Waals surface area contributed by atoms with E-state index in [1.165, 1.54) is 0 Å². The van der Waals surface area contributed by atoms with Gasteiger partial charge in [0.25, 0.3) is 0 Å². The average Bonchev–Trinajstić information content (AvgIpc) is 1.96. The van der Waals surface area contributed by atoms with Crippen LogP contribution in [0.1, 0.15) is 27.7 Å². The maximum atomic E-state index is 11.1. The number of carbonyl (C=O) groups is 1. The highest BCUT2D eigenvalue weighted by molar-refractivity contribution is 8.00. The second kappa shape index (κ2) is 6.49. The van der Waals surface area contributed by atoms with Crippen LogP contribution in [-0.4, -0.2) is 29.5 Å². The summed E-state index contributed by atoms with van der Waals surface area (Å²) in [4.78, 5) is 11.1. The molecule has 0 aromatic heterocycles. The van der Waals surface area contributed by atoms with Crippen molar-refractivity contribution < 1.29 is 9.53 Å². The Morgan fingerprint density at radius 2 is 1.92 bits per heavy atom. The first kappa shape index (κ1) is 12.0. The highest BCUT2D eigenvalue weighted by Crippen LogP contribution is 2.08. The largest absolute Gasteiger partial charge is 0.371 e. The van der Waals surface area contributed by atoms with Crippen LogP contribution in [0.4, 0.5) is 0 Å². The van der Waals surface area contributed by atoms with E-state index in [0.717, 1.165) is 0 Å². The van der Waals surface area contributed by atoms with E-state index in [1.807, 2.05) is 13.8 Å². The summed E-state index contributed by atoms with van der Waals surface area (Å²) < 4.78 is 5.17.